The number of aromatic nitrogens is 2. The van der Waals surface area contributed by atoms with Crippen LogP contribution in [0.1, 0.15) is 88.2 Å². The molecular formula is C29H38N2O5S2. The molecule has 4 aliphatic rings. The van der Waals surface area contributed by atoms with Crippen LogP contribution in [0.4, 0.5) is 0 Å². The number of thioether (sulfide) groups is 2. The zero-order valence-electron chi connectivity index (χ0n) is 21.9. The van der Waals surface area contributed by atoms with Gasteiger partial charge >= 0.3 is 0 Å². The maximum Gasteiger partial charge on any atom is 0.254 e. The zero-order valence-corrected chi connectivity index (χ0v) is 23.5. The Morgan fingerprint density at radius 3 is 1.55 bits per heavy atom. The molecule has 206 valence electrons. The summed E-state index contributed by atoms with van der Waals surface area (Å²) < 4.78 is 3.32. The summed E-state index contributed by atoms with van der Waals surface area (Å²) in [5, 5.41) is 32.2. The summed E-state index contributed by atoms with van der Waals surface area (Å²) in [4.78, 5) is 27.4. The van der Waals surface area contributed by atoms with Gasteiger partial charge in [-0.1, -0.05) is 25.7 Å². The molecule has 2 aliphatic carbocycles. The normalized spacial score (nSPS) is 20.1. The van der Waals surface area contributed by atoms with Crippen LogP contribution in [0, 0.1) is 0 Å². The first kappa shape index (κ1) is 26.4. The fraction of sp³-hybridized carbons (Fsp3) is 0.655. The van der Waals surface area contributed by atoms with E-state index in [0.717, 1.165) is 122 Å². The Kier molecular flexibility index (Phi) is 7.14. The Morgan fingerprint density at radius 1 is 0.737 bits per heavy atom. The highest BCUT2D eigenvalue weighted by Crippen LogP contribution is 2.51. The number of aromatic hydroxyl groups is 2. The average Bonchev–Trinajstić information content (AvgIpc) is 3.72. The fourth-order valence-electron chi connectivity index (χ4n) is 6.67. The second-order valence-corrected chi connectivity index (χ2v) is 14.0. The molecule has 38 heavy (non-hydrogen) atoms. The summed E-state index contributed by atoms with van der Waals surface area (Å²) in [6.07, 6.45) is 11.9. The van der Waals surface area contributed by atoms with E-state index >= 15 is 0 Å². The van der Waals surface area contributed by atoms with Crippen LogP contribution in [0.2, 0.25) is 0 Å². The van der Waals surface area contributed by atoms with Gasteiger partial charge in [-0.15, -0.1) is 23.5 Å². The molecule has 0 amide bonds. The van der Waals surface area contributed by atoms with Gasteiger partial charge in [0.25, 0.3) is 11.1 Å². The van der Waals surface area contributed by atoms with Gasteiger partial charge in [-0.25, -0.2) is 0 Å². The molecule has 0 aromatic carbocycles. The minimum absolute atomic E-state index is 0.0871. The third kappa shape index (κ3) is 4.83. The van der Waals surface area contributed by atoms with E-state index < -0.39 is 0 Å². The van der Waals surface area contributed by atoms with Crippen molar-refractivity contribution in [2.24, 2.45) is 0 Å². The van der Waals surface area contributed by atoms with Crippen LogP contribution in [0.3, 0.4) is 0 Å². The molecule has 2 aromatic rings. The summed E-state index contributed by atoms with van der Waals surface area (Å²) in [5.41, 5.74) is 1.20. The molecule has 0 saturated heterocycles. The van der Waals surface area contributed by atoms with Crippen LogP contribution < -0.4 is 11.1 Å². The van der Waals surface area contributed by atoms with Gasteiger partial charge in [0.15, 0.2) is 11.8 Å². The first-order valence-electron chi connectivity index (χ1n) is 14.2. The van der Waals surface area contributed by atoms with E-state index in [1.54, 1.807) is 44.8 Å². The maximum absolute atomic E-state index is 12.7. The largest absolute Gasteiger partial charge is 0.494 e. The highest BCUT2D eigenvalue weighted by atomic mass is 32.2. The molecule has 0 atom stereocenters. The number of hydrogen-bond donors (Lipinski definition) is 3. The Morgan fingerprint density at radius 2 is 1.16 bits per heavy atom. The number of nitrogens with zero attached hydrogens (tertiary/aromatic N) is 2. The second-order valence-electron chi connectivity index (χ2n) is 11.8. The van der Waals surface area contributed by atoms with Crippen LogP contribution in [0.15, 0.2) is 31.5 Å². The van der Waals surface area contributed by atoms with Crippen LogP contribution >= 0.6 is 23.5 Å². The molecule has 0 spiro atoms. The number of aliphatic hydroxyl groups excluding tert-OH is 1. The topological polar surface area (TPSA) is 105 Å². The molecule has 4 heterocycles. The Bertz CT molecular complexity index is 1240. The average molecular weight is 559 g/mol. The Hall–Kier alpha value is -1.84. The smallest absolute Gasteiger partial charge is 0.254 e. The highest BCUT2D eigenvalue weighted by molar-refractivity contribution is 7.99. The van der Waals surface area contributed by atoms with E-state index in [0.29, 0.717) is 0 Å². The lowest BCUT2D eigenvalue weighted by atomic mass is 9.99. The Balaban J connectivity index is 0.950. The first-order chi connectivity index (χ1) is 18.3. The lowest BCUT2D eigenvalue weighted by Crippen LogP contribution is -2.30. The minimum Gasteiger partial charge on any atom is -0.494 e. The molecule has 6 rings (SSSR count). The summed E-state index contributed by atoms with van der Waals surface area (Å²) in [6.45, 7) is 0. The van der Waals surface area contributed by atoms with Crippen molar-refractivity contribution in [1.82, 2.24) is 9.13 Å². The molecule has 2 saturated carbocycles. The van der Waals surface area contributed by atoms with Crippen LogP contribution in [-0.4, -0.2) is 42.1 Å². The molecule has 7 nitrogen and oxygen atoms in total. The molecule has 0 unspecified atom stereocenters. The summed E-state index contributed by atoms with van der Waals surface area (Å²) in [6, 6.07) is 3.40. The van der Waals surface area contributed by atoms with Crippen molar-refractivity contribution in [3.8, 4) is 11.8 Å². The predicted octanol–water partition coefficient (Wildman–Crippen LogP) is 4.88. The van der Waals surface area contributed by atoms with Crippen LogP contribution in [0.5, 0.6) is 11.8 Å². The highest BCUT2D eigenvalue weighted by Gasteiger charge is 2.47. The maximum atomic E-state index is 12.7. The number of pyridine rings is 2. The lowest BCUT2D eigenvalue weighted by Gasteiger charge is -2.22. The third-order valence-corrected chi connectivity index (χ3v) is 11.4. The molecule has 9 heteroatoms. The molecular weight excluding hydrogens is 520 g/mol. The van der Waals surface area contributed by atoms with E-state index in [1.807, 2.05) is 0 Å². The molecule has 3 N–H and O–H groups in total. The molecule has 2 fully saturated rings. The number of unbranched alkanes of at least 4 members (excludes halogenated alkanes) is 2. The van der Waals surface area contributed by atoms with Crippen molar-refractivity contribution in [1.29, 1.82) is 0 Å². The van der Waals surface area contributed by atoms with Gasteiger partial charge in [0.1, 0.15) is 0 Å². The first-order valence-corrected chi connectivity index (χ1v) is 16.2. The summed E-state index contributed by atoms with van der Waals surface area (Å²) >= 11 is 3.30. The monoisotopic (exact) mass is 558 g/mol. The van der Waals surface area contributed by atoms with Crippen molar-refractivity contribution in [3.63, 3.8) is 0 Å². The van der Waals surface area contributed by atoms with Gasteiger partial charge in [-0.05, 0) is 64.2 Å². The standard InChI is InChI=1S/C29H38N2O5S2/c32-19(5-1-3-9-28(11-12-28)30-24(33)17-22-20(26(30)35)7-15-37-22)6-2-4-10-29(13-14-29)31-25(34)18-23-21(27(31)36)8-16-38-23/h17-19,32,35-36H,1-16H2. The summed E-state index contributed by atoms with van der Waals surface area (Å²) in [5.74, 6) is 2.20. The van der Waals surface area contributed by atoms with Crippen LogP contribution in [-0.2, 0) is 23.9 Å². The SMILES string of the molecule is O=c1cc2c(c(O)n1C1(CCCCC(O)CCCCC3(n4c(O)c5c(cc4=O)SCC5)CC3)CC1)CCS2. The molecule has 0 radical (unpaired) electrons. The van der Waals surface area contributed by atoms with E-state index in [4.69, 9.17) is 0 Å². The van der Waals surface area contributed by atoms with Crippen molar-refractivity contribution >= 4 is 23.5 Å². The van der Waals surface area contributed by atoms with Crippen molar-refractivity contribution in [2.75, 3.05) is 11.5 Å². The Labute approximate surface area is 231 Å². The fourth-order valence-corrected chi connectivity index (χ4v) is 8.82. The van der Waals surface area contributed by atoms with Gasteiger partial charge < -0.3 is 15.3 Å². The van der Waals surface area contributed by atoms with Crippen molar-refractivity contribution < 1.29 is 15.3 Å². The van der Waals surface area contributed by atoms with E-state index in [-0.39, 0.29) is 40.1 Å². The van der Waals surface area contributed by atoms with Gasteiger partial charge in [-0.2, -0.15) is 0 Å². The molecule has 2 aromatic heterocycles. The molecule has 2 aliphatic heterocycles. The van der Waals surface area contributed by atoms with Crippen molar-refractivity contribution in [2.45, 2.75) is 117 Å². The lowest BCUT2D eigenvalue weighted by molar-refractivity contribution is 0.145. The number of hydrogen-bond acceptors (Lipinski definition) is 7. The van der Waals surface area contributed by atoms with Gasteiger partial charge in [-0.3, -0.25) is 18.7 Å². The van der Waals surface area contributed by atoms with E-state index in [2.05, 4.69) is 0 Å². The van der Waals surface area contributed by atoms with Gasteiger partial charge in [0.05, 0.1) is 17.2 Å². The van der Waals surface area contributed by atoms with Gasteiger partial charge in [0, 0.05) is 44.6 Å². The second kappa shape index (κ2) is 10.3. The van der Waals surface area contributed by atoms with Crippen LogP contribution in [0.25, 0.3) is 0 Å². The molecule has 0 bridgehead atoms. The zero-order chi connectivity index (χ0) is 26.5. The van der Waals surface area contributed by atoms with E-state index in [9.17, 15) is 24.9 Å². The van der Waals surface area contributed by atoms with Gasteiger partial charge in [0.2, 0.25) is 0 Å². The predicted molar refractivity (Wildman–Crippen MR) is 151 cm³/mol. The number of aliphatic hydroxyl groups is 1. The minimum atomic E-state index is -0.346. The number of rotatable bonds is 12. The van der Waals surface area contributed by atoms with Crippen molar-refractivity contribution in [3.05, 3.63) is 44.0 Å². The quantitative estimate of drug-likeness (QED) is 0.319. The van der Waals surface area contributed by atoms with E-state index in [1.165, 1.54) is 0 Å². The number of fused-ring (bicyclic) bond motifs is 2. The summed E-state index contributed by atoms with van der Waals surface area (Å²) in [7, 11) is 0. The third-order valence-electron chi connectivity index (χ3n) is 9.19.